The van der Waals surface area contributed by atoms with Crippen molar-refractivity contribution in [3.8, 4) is 0 Å². The molecule has 0 aliphatic heterocycles. The molecule has 4 aromatic rings. The van der Waals surface area contributed by atoms with Gasteiger partial charge in [-0.25, -0.2) is 9.78 Å². The number of fused-ring (bicyclic) bond motifs is 1. The highest BCUT2D eigenvalue weighted by molar-refractivity contribution is 7.19. The van der Waals surface area contributed by atoms with Gasteiger partial charge in [-0.3, -0.25) is 18.6 Å². The summed E-state index contributed by atoms with van der Waals surface area (Å²) in [6.45, 7) is 1.90. The normalized spacial score (nSPS) is 11.1. The number of nitrogens with zero attached hydrogens (tertiary/aromatic N) is 3. The third-order valence-electron chi connectivity index (χ3n) is 4.84. The Hall–Kier alpha value is -3.14. The van der Waals surface area contributed by atoms with E-state index >= 15 is 0 Å². The van der Waals surface area contributed by atoms with Crippen LogP contribution in [0.4, 0.5) is 5.82 Å². The zero-order valence-electron chi connectivity index (χ0n) is 16.8. The lowest BCUT2D eigenvalue weighted by molar-refractivity contribution is 0.0954. The molecule has 164 valence electrons. The number of hydrogen-bond donors (Lipinski definition) is 2. The van der Waals surface area contributed by atoms with E-state index in [1.54, 1.807) is 43.5 Å². The van der Waals surface area contributed by atoms with Gasteiger partial charge in [-0.2, -0.15) is 0 Å². The molecular weight excluding hydrogens is 473 g/mol. The van der Waals surface area contributed by atoms with Gasteiger partial charge in [0, 0.05) is 24.5 Å². The first kappa shape index (κ1) is 22.1. The molecular formula is C21H17Cl2N5O3S. The van der Waals surface area contributed by atoms with Crippen molar-refractivity contribution >= 4 is 51.1 Å². The molecule has 0 atom stereocenters. The molecule has 0 saturated heterocycles. The average Bonchev–Trinajstić information content (AvgIpc) is 3.23. The van der Waals surface area contributed by atoms with Crippen molar-refractivity contribution in [3.63, 3.8) is 0 Å². The lowest BCUT2D eigenvalue weighted by atomic mass is 10.2. The van der Waals surface area contributed by atoms with Crippen LogP contribution < -0.4 is 22.3 Å². The maximum Gasteiger partial charge on any atom is 0.336 e. The summed E-state index contributed by atoms with van der Waals surface area (Å²) >= 11 is 13.1. The summed E-state index contributed by atoms with van der Waals surface area (Å²) in [5.74, 6) is 0.0276. The number of nitrogens with one attached hydrogen (secondary N) is 1. The fraction of sp³-hybridized carbons (Fsp3) is 0.143. The molecule has 8 nitrogen and oxygen atoms in total. The second-order valence-electron chi connectivity index (χ2n) is 7.09. The fourth-order valence-electron chi connectivity index (χ4n) is 3.14. The molecule has 0 saturated carbocycles. The van der Waals surface area contributed by atoms with Gasteiger partial charge < -0.3 is 11.1 Å². The summed E-state index contributed by atoms with van der Waals surface area (Å²) in [5.41, 5.74) is 6.40. The summed E-state index contributed by atoms with van der Waals surface area (Å²) in [4.78, 5) is 43.2. The van der Waals surface area contributed by atoms with Crippen LogP contribution in [0.25, 0.3) is 4.83 Å². The number of carbonyl (C=O) groups excluding carboxylic acids is 1. The van der Waals surface area contributed by atoms with Gasteiger partial charge in [0.1, 0.15) is 15.5 Å². The summed E-state index contributed by atoms with van der Waals surface area (Å²) in [6, 6.07) is 8.32. The van der Waals surface area contributed by atoms with Crippen molar-refractivity contribution in [1.29, 1.82) is 0 Å². The number of benzene rings is 1. The SMILES string of the molecule is Cc1c(=O)n(Cc2ccc(Cl)c(Cl)c2)c(=O)n2cc(C(=O)NCc3ccc(N)nc3)sc12. The van der Waals surface area contributed by atoms with Gasteiger partial charge in [0.2, 0.25) is 0 Å². The minimum absolute atomic E-state index is 0.0276. The van der Waals surface area contributed by atoms with Crippen LogP contribution in [0.15, 0.2) is 52.3 Å². The van der Waals surface area contributed by atoms with Crippen LogP contribution in [0.2, 0.25) is 10.0 Å². The molecule has 3 heterocycles. The van der Waals surface area contributed by atoms with E-state index in [1.807, 2.05) is 0 Å². The lowest BCUT2D eigenvalue weighted by Gasteiger charge is -2.08. The maximum absolute atomic E-state index is 13.0. The van der Waals surface area contributed by atoms with Gasteiger partial charge in [0.15, 0.2) is 0 Å². The number of hydrogen-bond acceptors (Lipinski definition) is 6. The van der Waals surface area contributed by atoms with E-state index in [0.717, 1.165) is 21.5 Å². The second-order valence-corrected chi connectivity index (χ2v) is 8.94. The number of aryl methyl sites for hydroxylation is 1. The van der Waals surface area contributed by atoms with Crippen LogP contribution in [0.1, 0.15) is 26.4 Å². The zero-order chi connectivity index (χ0) is 23.0. The summed E-state index contributed by atoms with van der Waals surface area (Å²) in [5, 5.41) is 3.50. The van der Waals surface area contributed by atoms with Gasteiger partial charge in [0.25, 0.3) is 11.5 Å². The van der Waals surface area contributed by atoms with Gasteiger partial charge in [-0.1, -0.05) is 35.3 Å². The van der Waals surface area contributed by atoms with E-state index in [0.29, 0.717) is 36.7 Å². The number of rotatable bonds is 5. The van der Waals surface area contributed by atoms with Crippen molar-refractivity contribution in [2.45, 2.75) is 20.0 Å². The molecule has 0 fully saturated rings. The smallest absolute Gasteiger partial charge is 0.336 e. The first-order valence-corrected chi connectivity index (χ1v) is 11.0. The van der Waals surface area contributed by atoms with E-state index in [1.165, 1.54) is 10.6 Å². The van der Waals surface area contributed by atoms with Crippen molar-refractivity contribution < 1.29 is 4.79 Å². The van der Waals surface area contributed by atoms with Gasteiger partial charge in [-0.15, -0.1) is 11.3 Å². The molecule has 11 heteroatoms. The molecule has 0 radical (unpaired) electrons. The van der Waals surface area contributed by atoms with Crippen LogP contribution >= 0.6 is 34.5 Å². The highest BCUT2D eigenvalue weighted by Crippen LogP contribution is 2.23. The zero-order valence-corrected chi connectivity index (χ0v) is 19.1. The Morgan fingerprint density at radius 3 is 2.59 bits per heavy atom. The van der Waals surface area contributed by atoms with Gasteiger partial charge in [-0.05, 0) is 36.2 Å². The van der Waals surface area contributed by atoms with Gasteiger partial charge in [0.05, 0.1) is 16.6 Å². The molecule has 1 aromatic carbocycles. The Bertz CT molecular complexity index is 1460. The van der Waals surface area contributed by atoms with E-state index in [4.69, 9.17) is 28.9 Å². The summed E-state index contributed by atoms with van der Waals surface area (Å²) in [7, 11) is 0. The largest absolute Gasteiger partial charge is 0.384 e. The highest BCUT2D eigenvalue weighted by Gasteiger charge is 2.18. The molecule has 1 amide bonds. The molecule has 4 rings (SSSR count). The monoisotopic (exact) mass is 489 g/mol. The standard InChI is InChI=1S/C21H17Cl2N5O3S/c1-11-19(30)27(9-12-2-4-14(22)15(23)6-12)21(31)28-10-16(32-20(11)28)18(29)26-8-13-3-5-17(24)25-7-13/h2-7,10H,8-9H2,1H3,(H2,24,25)(H,26,29). The van der Waals surface area contributed by atoms with Crippen molar-refractivity contribution in [2.24, 2.45) is 0 Å². The van der Waals surface area contributed by atoms with E-state index < -0.39 is 11.2 Å². The number of aromatic nitrogens is 3. The number of nitrogens with two attached hydrogens (primary N) is 1. The molecule has 3 N–H and O–H groups in total. The fourth-order valence-corrected chi connectivity index (χ4v) is 4.46. The Morgan fingerprint density at radius 2 is 1.91 bits per heavy atom. The van der Waals surface area contributed by atoms with Crippen LogP contribution in [0, 0.1) is 6.92 Å². The molecule has 0 unspecified atom stereocenters. The minimum atomic E-state index is -0.542. The van der Waals surface area contributed by atoms with E-state index in [9.17, 15) is 14.4 Å². The molecule has 0 spiro atoms. The topological polar surface area (TPSA) is 111 Å². The Balaban J connectivity index is 1.65. The predicted molar refractivity (Wildman–Crippen MR) is 126 cm³/mol. The number of anilines is 1. The highest BCUT2D eigenvalue weighted by atomic mass is 35.5. The Kier molecular flexibility index (Phi) is 6.05. The average molecular weight is 490 g/mol. The van der Waals surface area contributed by atoms with Crippen molar-refractivity contribution in [2.75, 3.05) is 5.73 Å². The number of nitrogen functional groups attached to an aromatic ring is 1. The predicted octanol–water partition coefficient (Wildman–Crippen LogP) is 3.09. The number of amides is 1. The Labute approximate surface area is 195 Å². The van der Waals surface area contributed by atoms with Crippen LogP contribution in [-0.4, -0.2) is 19.9 Å². The van der Waals surface area contributed by atoms with Crippen molar-refractivity contribution in [3.05, 3.63) is 95.2 Å². The first-order valence-electron chi connectivity index (χ1n) is 9.42. The van der Waals surface area contributed by atoms with E-state index in [-0.39, 0.29) is 19.0 Å². The number of thiazole rings is 1. The third-order valence-corrected chi connectivity index (χ3v) is 6.79. The third kappa shape index (κ3) is 4.27. The van der Waals surface area contributed by atoms with E-state index in [2.05, 4.69) is 10.3 Å². The molecule has 3 aromatic heterocycles. The lowest BCUT2D eigenvalue weighted by Crippen LogP contribution is -2.38. The molecule has 0 bridgehead atoms. The Morgan fingerprint density at radius 1 is 1.16 bits per heavy atom. The summed E-state index contributed by atoms with van der Waals surface area (Å²) in [6.07, 6.45) is 3.02. The van der Waals surface area contributed by atoms with Crippen molar-refractivity contribution in [1.82, 2.24) is 19.3 Å². The number of carbonyl (C=O) groups is 1. The summed E-state index contributed by atoms with van der Waals surface area (Å²) < 4.78 is 2.43. The van der Waals surface area contributed by atoms with Crippen LogP contribution in [0.5, 0.6) is 0 Å². The number of pyridine rings is 1. The minimum Gasteiger partial charge on any atom is -0.384 e. The molecule has 32 heavy (non-hydrogen) atoms. The quantitative estimate of drug-likeness (QED) is 0.447. The first-order chi connectivity index (χ1) is 15.2. The van der Waals surface area contributed by atoms with Crippen LogP contribution in [-0.2, 0) is 13.1 Å². The maximum atomic E-state index is 13.0. The van der Waals surface area contributed by atoms with Crippen LogP contribution in [0.3, 0.4) is 0 Å². The number of halogens is 2. The molecule has 0 aliphatic carbocycles. The second kappa shape index (κ2) is 8.78. The van der Waals surface area contributed by atoms with Gasteiger partial charge >= 0.3 is 5.69 Å². The molecule has 0 aliphatic rings.